The molecule has 1 aliphatic rings. The van der Waals surface area contributed by atoms with E-state index in [1.807, 2.05) is 24.3 Å². The van der Waals surface area contributed by atoms with Gasteiger partial charge in [0, 0.05) is 18.2 Å². The fourth-order valence-corrected chi connectivity index (χ4v) is 2.19. The van der Waals surface area contributed by atoms with Crippen LogP contribution in [0.5, 0.6) is 0 Å². The molecule has 1 aliphatic carbocycles. The van der Waals surface area contributed by atoms with Gasteiger partial charge in [-0.15, -0.1) is 12.4 Å². The van der Waals surface area contributed by atoms with Crippen LogP contribution in [0.15, 0.2) is 24.3 Å². The molecule has 0 radical (unpaired) electrons. The van der Waals surface area contributed by atoms with Gasteiger partial charge < -0.3 is 21.7 Å². The third kappa shape index (κ3) is 6.17. The molecule has 1 fully saturated rings. The van der Waals surface area contributed by atoms with Crippen molar-refractivity contribution in [3.8, 4) is 0 Å². The minimum Gasteiger partial charge on any atom is -0.350 e. The predicted octanol–water partition coefficient (Wildman–Crippen LogP) is 0.538. The quantitative estimate of drug-likeness (QED) is 0.572. The molecule has 132 valence electrons. The van der Waals surface area contributed by atoms with E-state index in [9.17, 15) is 14.4 Å². The van der Waals surface area contributed by atoms with Gasteiger partial charge in [0.25, 0.3) is 0 Å². The number of hydrogen-bond acceptors (Lipinski definition) is 4. The average molecular weight is 355 g/mol. The molecule has 2 rings (SSSR count). The number of nitrogens with one attached hydrogen (secondary N) is 3. The zero-order chi connectivity index (χ0) is 16.7. The lowest BCUT2D eigenvalue weighted by Gasteiger charge is -2.24. The first-order valence-electron chi connectivity index (χ1n) is 7.71. The molecule has 1 saturated carbocycles. The molecule has 0 unspecified atom stereocenters. The molecule has 5 N–H and O–H groups in total. The topological polar surface area (TPSA) is 113 Å². The van der Waals surface area contributed by atoms with E-state index in [0.29, 0.717) is 6.54 Å². The summed E-state index contributed by atoms with van der Waals surface area (Å²) < 4.78 is 0. The first-order chi connectivity index (χ1) is 11.1. The molecular formula is C16H23ClN4O3. The van der Waals surface area contributed by atoms with Crippen molar-refractivity contribution in [3.05, 3.63) is 29.8 Å². The van der Waals surface area contributed by atoms with Crippen LogP contribution in [0.1, 0.15) is 24.8 Å². The van der Waals surface area contributed by atoms with E-state index < -0.39 is 0 Å². The van der Waals surface area contributed by atoms with Gasteiger partial charge in [-0.2, -0.15) is 0 Å². The van der Waals surface area contributed by atoms with Crippen LogP contribution in [-0.4, -0.2) is 30.8 Å². The van der Waals surface area contributed by atoms with Gasteiger partial charge in [-0.1, -0.05) is 18.6 Å². The fourth-order valence-electron chi connectivity index (χ4n) is 2.19. The zero-order valence-electron chi connectivity index (χ0n) is 13.3. The molecule has 0 heterocycles. The highest BCUT2D eigenvalue weighted by molar-refractivity contribution is 5.93. The second kappa shape index (κ2) is 9.89. The Morgan fingerprint density at radius 2 is 1.88 bits per heavy atom. The number of amides is 3. The van der Waals surface area contributed by atoms with Gasteiger partial charge >= 0.3 is 0 Å². The summed E-state index contributed by atoms with van der Waals surface area (Å²) in [6.45, 7) is 0.0780. The average Bonchev–Trinajstić information content (AvgIpc) is 2.49. The van der Waals surface area contributed by atoms with Crippen LogP contribution in [0.3, 0.4) is 0 Å². The van der Waals surface area contributed by atoms with E-state index in [2.05, 4.69) is 16.0 Å². The van der Waals surface area contributed by atoms with Crippen LogP contribution >= 0.6 is 12.4 Å². The van der Waals surface area contributed by atoms with Crippen molar-refractivity contribution in [1.82, 2.24) is 10.6 Å². The highest BCUT2D eigenvalue weighted by atomic mass is 35.5. The van der Waals surface area contributed by atoms with E-state index in [1.165, 1.54) is 0 Å². The lowest BCUT2D eigenvalue weighted by Crippen LogP contribution is -2.39. The lowest BCUT2D eigenvalue weighted by molar-refractivity contribution is -0.125. The van der Waals surface area contributed by atoms with Gasteiger partial charge in [0.15, 0.2) is 0 Å². The standard InChI is InChI=1S/C16H22N4O3.ClH/c17-8-14(21)19-10-15(22)18-9-11-3-1-6-13(7-11)20-16(23)12-4-2-5-12;/h1,3,6-7,12H,2,4-5,8-10,17H2,(H,18,22)(H,19,21)(H,20,23);1H. The molecular weight excluding hydrogens is 332 g/mol. The summed E-state index contributed by atoms with van der Waals surface area (Å²) in [5.41, 5.74) is 6.73. The highest BCUT2D eigenvalue weighted by Crippen LogP contribution is 2.27. The van der Waals surface area contributed by atoms with Crippen molar-refractivity contribution in [3.63, 3.8) is 0 Å². The Bertz CT molecular complexity index is 590. The normalized spacial score (nSPS) is 13.2. The number of hydrogen-bond donors (Lipinski definition) is 4. The first-order valence-corrected chi connectivity index (χ1v) is 7.71. The van der Waals surface area contributed by atoms with Crippen molar-refractivity contribution in [2.75, 3.05) is 18.4 Å². The number of halogens is 1. The molecule has 7 nitrogen and oxygen atoms in total. The first kappa shape index (κ1) is 19.9. The summed E-state index contributed by atoms with van der Waals surface area (Å²) in [7, 11) is 0. The number of carbonyl (C=O) groups is 3. The van der Waals surface area contributed by atoms with Crippen LogP contribution in [0, 0.1) is 5.92 Å². The summed E-state index contributed by atoms with van der Waals surface area (Å²) in [5.74, 6) is -0.483. The van der Waals surface area contributed by atoms with Gasteiger partial charge in [0.1, 0.15) is 0 Å². The summed E-state index contributed by atoms with van der Waals surface area (Å²) in [6.07, 6.45) is 3.02. The van der Waals surface area contributed by atoms with Crippen molar-refractivity contribution in [2.45, 2.75) is 25.8 Å². The maximum atomic E-state index is 11.9. The second-order valence-electron chi connectivity index (χ2n) is 5.58. The predicted molar refractivity (Wildman–Crippen MR) is 93.6 cm³/mol. The Labute approximate surface area is 147 Å². The molecule has 8 heteroatoms. The summed E-state index contributed by atoms with van der Waals surface area (Å²) in [5, 5.41) is 7.99. The maximum Gasteiger partial charge on any atom is 0.239 e. The molecule has 0 bridgehead atoms. The monoisotopic (exact) mass is 354 g/mol. The maximum absolute atomic E-state index is 11.9. The van der Waals surface area contributed by atoms with Gasteiger partial charge in [0.2, 0.25) is 17.7 Å². The SMILES string of the molecule is Cl.NCC(=O)NCC(=O)NCc1cccc(NC(=O)C2CCC2)c1. The van der Waals surface area contributed by atoms with Crippen LogP contribution in [0.25, 0.3) is 0 Å². The lowest BCUT2D eigenvalue weighted by atomic mass is 9.85. The smallest absolute Gasteiger partial charge is 0.239 e. The number of carbonyl (C=O) groups excluding carboxylic acids is 3. The molecule has 1 aromatic rings. The Balaban J connectivity index is 0.00000288. The van der Waals surface area contributed by atoms with Gasteiger partial charge in [-0.25, -0.2) is 0 Å². The second-order valence-corrected chi connectivity index (χ2v) is 5.58. The summed E-state index contributed by atoms with van der Waals surface area (Å²) in [4.78, 5) is 34.5. The van der Waals surface area contributed by atoms with Crippen molar-refractivity contribution < 1.29 is 14.4 Å². The van der Waals surface area contributed by atoms with Gasteiger partial charge in [0.05, 0.1) is 13.1 Å². The van der Waals surface area contributed by atoms with Crippen LogP contribution in [-0.2, 0) is 20.9 Å². The highest BCUT2D eigenvalue weighted by Gasteiger charge is 2.25. The molecule has 0 spiro atoms. The molecule has 0 saturated heterocycles. The van der Waals surface area contributed by atoms with Crippen LogP contribution < -0.4 is 21.7 Å². The molecule has 0 atom stereocenters. The zero-order valence-corrected chi connectivity index (χ0v) is 14.2. The minimum atomic E-state index is -0.374. The molecule has 24 heavy (non-hydrogen) atoms. The molecule has 0 aromatic heterocycles. The Kier molecular flexibility index (Phi) is 8.21. The summed E-state index contributed by atoms with van der Waals surface area (Å²) >= 11 is 0. The Morgan fingerprint density at radius 3 is 2.50 bits per heavy atom. The number of benzene rings is 1. The van der Waals surface area contributed by atoms with Crippen molar-refractivity contribution in [1.29, 1.82) is 0 Å². The van der Waals surface area contributed by atoms with Gasteiger partial charge in [-0.3, -0.25) is 14.4 Å². The molecule has 1 aromatic carbocycles. The molecule has 0 aliphatic heterocycles. The van der Waals surface area contributed by atoms with E-state index in [-0.39, 0.29) is 49.1 Å². The van der Waals surface area contributed by atoms with Crippen LogP contribution in [0.2, 0.25) is 0 Å². The number of anilines is 1. The Hall–Kier alpha value is -2.12. The third-order valence-electron chi connectivity index (χ3n) is 3.79. The van der Waals surface area contributed by atoms with E-state index in [0.717, 1.165) is 30.5 Å². The van der Waals surface area contributed by atoms with E-state index >= 15 is 0 Å². The van der Waals surface area contributed by atoms with E-state index in [1.54, 1.807) is 0 Å². The van der Waals surface area contributed by atoms with Gasteiger partial charge in [-0.05, 0) is 30.5 Å². The van der Waals surface area contributed by atoms with Crippen molar-refractivity contribution in [2.24, 2.45) is 11.7 Å². The van der Waals surface area contributed by atoms with Crippen molar-refractivity contribution >= 4 is 35.8 Å². The largest absolute Gasteiger partial charge is 0.350 e. The third-order valence-corrected chi connectivity index (χ3v) is 3.79. The number of nitrogens with two attached hydrogens (primary N) is 1. The number of rotatable bonds is 7. The minimum absolute atomic E-state index is 0. The fraction of sp³-hybridized carbons (Fsp3) is 0.438. The van der Waals surface area contributed by atoms with Crippen LogP contribution in [0.4, 0.5) is 5.69 Å². The summed E-state index contributed by atoms with van der Waals surface area (Å²) in [6, 6.07) is 7.34. The molecule has 3 amide bonds. The van der Waals surface area contributed by atoms with E-state index in [4.69, 9.17) is 5.73 Å². The Morgan fingerprint density at radius 1 is 1.12 bits per heavy atom.